The summed E-state index contributed by atoms with van der Waals surface area (Å²) in [5.41, 5.74) is -0.418. The highest BCUT2D eigenvalue weighted by Crippen LogP contribution is 2.21. The molecule has 0 N–H and O–H groups in total. The third-order valence-corrected chi connectivity index (χ3v) is 2.62. The minimum absolute atomic E-state index is 0.0662. The standard InChI is InChI=1S/C12H14F2O/c1-7(2)8(3)12(15)11-9(13)5-4-6-10(11)14/h4-8H,1-3H3. The van der Waals surface area contributed by atoms with Crippen LogP contribution in [-0.2, 0) is 0 Å². The first-order valence-electron chi connectivity index (χ1n) is 4.93. The third kappa shape index (κ3) is 2.41. The van der Waals surface area contributed by atoms with Crippen LogP contribution in [0.1, 0.15) is 31.1 Å². The molecule has 0 amide bonds. The van der Waals surface area contributed by atoms with E-state index in [-0.39, 0.29) is 11.8 Å². The van der Waals surface area contributed by atoms with Gasteiger partial charge in [0.1, 0.15) is 11.6 Å². The first-order chi connectivity index (χ1) is 6.95. The van der Waals surface area contributed by atoms with Crippen molar-refractivity contribution in [1.29, 1.82) is 0 Å². The number of halogens is 2. The van der Waals surface area contributed by atoms with Gasteiger partial charge in [0, 0.05) is 5.92 Å². The zero-order valence-electron chi connectivity index (χ0n) is 9.05. The fourth-order valence-corrected chi connectivity index (χ4v) is 1.26. The van der Waals surface area contributed by atoms with E-state index in [0.29, 0.717) is 0 Å². The van der Waals surface area contributed by atoms with Crippen molar-refractivity contribution >= 4 is 5.78 Å². The number of ketones is 1. The lowest BCUT2D eigenvalue weighted by molar-refractivity contribution is 0.0891. The average Bonchev–Trinajstić information content (AvgIpc) is 2.15. The zero-order chi connectivity index (χ0) is 11.6. The number of benzene rings is 1. The van der Waals surface area contributed by atoms with Gasteiger partial charge in [0.15, 0.2) is 5.78 Å². The summed E-state index contributed by atoms with van der Waals surface area (Å²) < 4.78 is 26.5. The predicted molar refractivity (Wildman–Crippen MR) is 54.7 cm³/mol. The molecule has 0 aliphatic carbocycles. The average molecular weight is 212 g/mol. The van der Waals surface area contributed by atoms with E-state index in [4.69, 9.17) is 0 Å². The fraction of sp³-hybridized carbons (Fsp3) is 0.417. The molecule has 1 aromatic carbocycles. The molecule has 1 rings (SSSR count). The summed E-state index contributed by atoms with van der Waals surface area (Å²) in [4.78, 5) is 11.7. The molecule has 15 heavy (non-hydrogen) atoms. The number of carbonyl (C=O) groups excluding carboxylic acids is 1. The van der Waals surface area contributed by atoms with Gasteiger partial charge in [-0.1, -0.05) is 26.8 Å². The minimum atomic E-state index is -0.785. The fourth-order valence-electron chi connectivity index (χ4n) is 1.26. The van der Waals surface area contributed by atoms with Crippen molar-refractivity contribution in [3.8, 4) is 0 Å². The molecule has 0 aliphatic heterocycles. The molecule has 0 radical (unpaired) electrons. The quantitative estimate of drug-likeness (QED) is 0.701. The van der Waals surface area contributed by atoms with Gasteiger partial charge >= 0.3 is 0 Å². The van der Waals surface area contributed by atoms with Crippen molar-refractivity contribution in [2.24, 2.45) is 11.8 Å². The van der Waals surface area contributed by atoms with Gasteiger partial charge in [-0.05, 0) is 18.1 Å². The summed E-state index contributed by atoms with van der Waals surface area (Å²) in [5, 5.41) is 0. The van der Waals surface area contributed by atoms with E-state index in [9.17, 15) is 13.6 Å². The first kappa shape index (κ1) is 11.8. The molecular weight excluding hydrogens is 198 g/mol. The van der Waals surface area contributed by atoms with Crippen LogP contribution >= 0.6 is 0 Å². The first-order valence-corrected chi connectivity index (χ1v) is 4.93. The van der Waals surface area contributed by atoms with Crippen LogP contribution in [0.25, 0.3) is 0 Å². The van der Waals surface area contributed by atoms with E-state index in [1.807, 2.05) is 13.8 Å². The molecule has 1 unspecified atom stereocenters. The Kier molecular flexibility index (Phi) is 3.56. The molecule has 0 saturated heterocycles. The van der Waals surface area contributed by atoms with Crippen molar-refractivity contribution in [3.05, 3.63) is 35.4 Å². The largest absolute Gasteiger partial charge is 0.294 e. The second kappa shape index (κ2) is 4.51. The van der Waals surface area contributed by atoms with Crippen molar-refractivity contribution in [2.45, 2.75) is 20.8 Å². The Balaban J connectivity index is 3.11. The lowest BCUT2D eigenvalue weighted by Crippen LogP contribution is -2.19. The zero-order valence-corrected chi connectivity index (χ0v) is 9.05. The third-order valence-electron chi connectivity index (χ3n) is 2.62. The highest BCUT2D eigenvalue weighted by atomic mass is 19.1. The molecule has 0 spiro atoms. The molecule has 1 aromatic rings. The molecule has 0 aliphatic rings. The molecule has 0 fully saturated rings. The van der Waals surface area contributed by atoms with Crippen molar-refractivity contribution in [1.82, 2.24) is 0 Å². The van der Waals surface area contributed by atoms with Gasteiger partial charge < -0.3 is 0 Å². The predicted octanol–water partition coefficient (Wildman–Crippen LogP) is 3.44. The maximum Gasteiger partial charge on any atom is 0.171 e. The van der Waals surface area contributed by atoms with Gasteiger partial charge in [-0.3, -0.25) is 4.79 Å². The maximum absolute atomic E-state index is 13.3. The second-order valence-electron chi connectivity index (χ2n) is 3.99. The van der Waals surface area contributed by atoms with Gasteiger partial charge in [-0.2, -0.15) is 0 Å². The number of Topliss-reactive ketones (excluding diaryl/α,β-unsaturated/α-hetero) is 1. The van der Waals surface area contributed by atoms with Crippen LogP contribution in [0.2, 0.25) is 0 Å². The molecule has 0 saturated carbocycles. The number of rotatable bonds is 3. The molecule has 0 bridgehead atoms. The van der Waals surface area contributed by atoms with Crippen LogP contribution in [0, 0.1) is 23.5 Å². The van der Waals surface area contributed by atoms with Crippen LogP contribution in [0.4, 0.5) is 8.78 Å². The van der Waals surface area contributed by atoms with Crippen LogP contribution < -0.4 is 0 Å². The summed E-state index contributed by atoms with van der Waals surface area (Å²) in [6.45, 7) is 5.38. The summed E-state index contributed by atoms with van der Waals surface area (Å²) >= 11 is 0. The van der Waals surface area contributed by atoms with Gasteiger partial charge in [-0.25, -0.2) is 8.78 Å². The van der Waals surface area contributed by atoms with Gasteiger partial charge in [-0.15, -0.1) is 0 Å². The van der Waals surface area contributed by atoms with E-state index in [2.05, 4.69) is 0 Å². The van der Waals surface area contributed by atoms with E-state index in [1.54, 1.807) is 6.92 Å². The van der Waals surface area contributed by atoms with E-state index >= 15 is 0 Å². The Morgan fingerprint density at radius 3 is 2.00 bits per heavy atom. The molecule has 0 aromatic heterocycles. The lowest BCUT2D eigenvalue weighted by Gasteiger charge is -2.14. The normalized spacial score (nSPS) is 12.9. The number of carbonyl (C=O) groups is 1. The van der Waals surface area contributed by atoms with E-state index in [1.165, 1.54) is 6.07 Å². The molecule has 82 valence electrons. The molecular formula is C12H14F2O. The number of hydrogen-bond acceptors (Lipinski definition) is 1. The van der Waals surface area contributed by atoms with E-state index in [0.717, 1.165) is 12.1 Å². The Labute approximate surface area is 88.1 Å². The van der Waals surface area contributed by atoms with Crippen LogP contribution in [0.15, 0.2) is 18.2 Å². The SMILES string of the molecule is CC(C)C(C)C(=O)c1c(F)cccc1F. The minimum Gasteiger partial charge on any atom is -0.294 e. The highest BCUT2D eigenvalue weighted by molar-refractivity contribution is 5.98. The monoisotopic (exact) mass is 212 g/mol. The van der Waals surface area contributed by atoms with Crippen molar-refractivity contribution < 1.29 is 13.6 Å². The smallest absolute Gasteiger partial charge is 0.171 e. The van der Waals surface area contributed by atoms with Crippen LogP contribution in [-0.4, -0.2) is 5.78 Å². The summed E-state index contributed by atoms with van der Waals surface area (Å²) in [6.07, 6.45) is 0. The summed E-state index contributed by atoms with van der Waals surface area (Å²) in [7, 11) is 0. The molecule has 0 heterocycles. The van der Waals surface area contributed by atoms with Gasteiger partial charge in [0.05, 0.1) is 5.56 Å². The van der Waals surface area contributed by atoms with Crippen LogP contribution in [0.5, 0.6) is 0 Å². The van der Waals surface area contributed by atoms with Crippen LogP contribution in [0.3, 0.4) is 0 Å². The van der Waals surface area contributed by atoms with Gasteiger partial charge in [0.25, 0.3) is 0 Å². The maximum atomic E-state index is 13.3. The summed E-state index contributed by atoms with van der Waals surface area (Å²) in [5.74, 6) is -2.35. The Hall–Kier alpha value is -1.25. The highest BCUT2D eigenvalue weighted by Gasteiger charge is 2.24. The molecule has 1 nitrogen and oxygen atoms in total. The molecule has 3 heteroatoms. The topological polar surface area (TPSA) is 17.1 Å². The Morgan fingerprint density at radius 2 is 1.60 bits per heavy atom. The molecule has 1 atom stereocenters. The van der Waals surface area contributed by atoms with Crippen molar-refractivity contribution in [3.63, 3.8) is 0 Å². The Morgan fingerprint density at radius 1 is 1.13 bits per heavy atom. The number of hydrogen-bond donors (Lipinski definition) is 0. The van der Waals surface area contributed by atoms with E-state index < -0.39 is 23.0 Å². The lowest BCUT2D eigenvalue weighted by atomic mass is 9.89. The second-order valence-corrected chi connectivity index (χ2v) is 3.99. The Bertz CT molecular complexity index is 352. The van der Waals surface area contributed by atoms with Gasteiger partial charge in [0.2, 0.25) is 0 Å². The van der Waals surface area contributed by atoms with Crippen molar-refractivity contribution in [2.75, 3.05) is 0 Å². The summed E-state index contributed by atoms with van der Waals surface area (Å²) in [6, 6.07) is 3.45.